The molecule has 1 heterocycles. The molecule has 5 heteroatoms. The number of nitrogens with two attached hydrogens (primary N) is 1. The summed E-state index contributed by atoms with van der Waals surface area (Å²) >= 11 is 5.81. The fraction of sp³-hybridized carbons (Fsp3) is 0. The van der Waals surface area contributed by atoms with Crippen LogP contribution in [0.5, 0.6) is 0 Å². The fourth-order valence-electron chi connectivity index (χ4n) is 1.06. The summed E-state index contributed by atoms with van der Waals surface area (Å²) in [6.45, 7) is 0. The van der Waals surface area contributed by atoms with E-state index < -0.39 is 0 Å². The van der Waals surface area contributed by atoms with Gasteiger partial charge in [0.15, 0.2) is 0 Å². The Balaban J connectivity index is 2.53. The monoisotopic (exact) mass is 194 g/mol. The second-order valence-electron chi connectivity index (χ2n) is 2.51. The van der Waals surface area contributed by atoms with Crippen LogP contribution in [0.15, 0.2) is 30.6 Å². The van der Waals surface area contributed by atoms with Crippen molar-refractivity contribution >= 4 is 17.5 Å². The van der Waals surface area contributed by atoms with Gasteiger partial charge in [-0.15, -0.1) is 0 Å². The van der Waals surface area contributed by atoms with Gasteiger partial charge in [-0.2, -0.15) is 14.8 Å². The van der Waals surface area contributed by atoms with Crippen molar-refractivity contribution in [2.24, 2.45) is 0 Å². The van der Waals surface area contributed by atoms with E-state index in [0.29, 0.717) is 11.0 Å². The average Bonchev–Trinajstić information content (AvgIpc) is 2.51. The molecule has 66 valence electrons. The third kappa shape index (κ3) is 1.48. The lowest BCUT2D eigenvalue weighted by Crippen LogP contribution is -2.01. The lowest BCUT2D eigenvalue weighted by Gasteiger charge is -2.01. The number of halogens is 1. The van der Waals surface area contributed by atoms with Crippen LogP contribution in [-0.2, 0) is 0 Å². The quantitative estimate of drug-likeness (QED) is 0.749. The van der Waals surface area contributed by atoms with Crippen LogP contribution in [0.4, 0.5) is 5.95 Å². The summed E-state index contributed by atoms with van der Waals surface area (Å²) in [7, 11) is 0. The molecule has 0 saturated carbocycles. The molecule has 0 radical (unpaired) electrons. The van der Waals surface area contributed by atoms with Crippen LogP contribution >= 0.6 is 11.6 Å². The first kappa shape index (κ1) is 8.07. The topological polar surface area (TPSA) is 56.7 Å². The number of nitrogen functional groups attached to an aromatic ring is 1. The predicted molar refractivity (Wildman–Crippen MR) is 50.8 cm³/mol. The summed E-state index contributed by atoms with van der Waals surface area (Å²) < 4.78 is 1.52. The summed E-state index contributed by atoms with van der Waals surface area (Å²) in [4.78, 5) is 3.81. The van der Waals surface area contributed by atoms with Crippen LogP contribution in [-0.4, -0.2) is 14.8 Å². The van der Waals surface area contributed by atoms with E-state index in [4.69, 9.17) is 17.3 Å². The van der Waals surface area contributed by atoms with E-state index in [2.05, 4.69) is 10.1 Å². The molecule has 2 aromatic rings. The minimum absolute atomic E-state index is 0.349. The molecule has 4 nitrogen and oxygen atoms in total. The molecule has 0 unspecified atom stereocenters. The first-order valence-corrected chi connectivity index (χ1v) is 4.06. The molecule has 0 aliphatic carbocycles. The first-order valence-electron chi connectivity index (χ1n) is 3.69. The van der Waals surface area contributed by atoms with E-state index in [9.17, 15) is 0 Å². The van der Waals surface area contributed by atoms with E-state index in [-0.39, 0.29) is 0 Å². The Morgan fingerprint density at radius 2 is 2.23 bits per heavy atom. The van der Waals surface area contributed by atoms with E-state index in [0.717, 1.165) is 5.69 Å². The normalized spacial score (nSPS) is 10.2. The molecule has 2 rings (SSSR count). The number of rotatable bonds is 1. The molecular formula is C8H7ClN4. The molecule has 0 saturated heterocycles. The lowest BCUT2D eigenvalue weighted by atomic mass is 10.3. The van der Waals surface area contributed by atoms with Crippen molar-refractivity contribution < 1.29 is 0 Å². The molecule has 1 aromatic carbocycles. The Bertz CT molecular complexity index is 424. The molecule has 0 fully saturated rings. The minimum Gasteiger partial charge on any atom is -0.368 e. The zero-order chi connectivity index (χ0) is 9.26. The molecule has 0 aliphatic rings. The molecule has 2 N–H and O–H groups in total. The number of aromatic nitrogens is 3. The summed E-state index contributed by atoms with van der Waals surface area (Å²) in [5, 5.41) is 4.59. The van der Waals surface area contributed by atoms with Gasteiger partial charge in [0, 0.05) is 5.02 Å². The Hall–Kier alpha value is -1.55. The van der Waals surface area contributed by atoms with Crippen molar-refractivity contribution in [3.8, 4) is 5.69 Å². The van der Waals surface area contributed by atoms with Gasteiger partial charge in [0.05, 0.1) is 5.69 Å². The second-order valence-corrected chi connectivity index (χ2v) is 2.95. The van der Waals surface area contributed by atoms with Crippen molar-refractivity contribution in [2.45, 2.75) is 0 Å². The van der Waals surface area contributed by atoms with Crippen molar-refractivity contribution in [2.75, 3.05) is 5.73 Å². The number of benzene rings is 1. The van der Waals surface area contributed by atoms with Gasteiger partial charge in [-0.05, 0) is 18.2 Å². The third-order valence-corrected chi connectivity index (χ3v) is 1.86. The van der Waals surface area contributed by atoms with Crippen molar-refractivity contribution in [3.05, 3.63) is 35.6 Å². The number of nitrogens with zero attached hydrogens (tertiary/aromatic N) is 3. The van der Waals surface area contributed by atoms with Crippen LogP contribution < -0.4 is 5.73 Å². The van der Waals surface area contributed by atoms with E-state index in [1.165, 1.54) is 11.0 Å². The summed E-state index contributed by atoms with van der Waals surface area (Å²) in [5.74, 6) is 0.349. The Kier molecular flexibility index (Phi) is 1.90. The molecule has 0 aliphatic heterocycles. The zero-order valence-corrected chi connectivity index (χ0v) is 7.44. The van der Waals surface area contributed by atoms with Crippen LogP contribution in [0.2, 0.25) is 5.02 Å². The molecule has 0 atom stereocenters. The van der Waals surface area contributed by atoms with E-state index in [1.54, 1.807) is 12.1 Å². The van der Waals surface area contributed by atoms with Crippen molar-refractivity contribution in [1.82, 2.24) is 14.8 Å². The molecule has 13 heavy (non-hydrogen) atoms. The van der Waals surface area contributed by atoms with Crippen LogP contribution in [0.1, 0.15) is 0 Å². The van der Waals surface area contributed by atoms with Gasteiger partial charge in [0.2, 0.25) is 5.95 Å². The highest BCUT2D eigenvalue weighted by Gasteiger charge is 2.01. The largest absolute Gasteiger partial charge is 0.368 e. The maximum absolute atomic E-state index is 5.81. The summed E-state index contributed by atoms with van der Waals surface area (Å²) in [5.41, 5.74) is 6.38. The zero-order valence-electron chi connectivity index (χ0n) is 6.68. The molecule has 1 aromatic heterocycles. The highest BCUT2D eigenvalue weighted by atomic mass is 35.5. The number of anilines is 1. The highest BCUT2D eigenvalue weighted by molar-refractivity contribution is 6.30. The van der Waals surface area contributed by atoms with Crippen molar-refractivity contribution in [3.63, 3.8) is 0 Å². The summed E-state index contributed by atoms with van der Waals surface area (Å²) in [6, 6.07) is 7.25. The Morgan fingerprint density at radius 1 is 1.38 bits per heavy atom. The molecular weight excluding hydrogens is 188 g/mol. The van der Waals surface area contributed by atoms with Gasteiger partial charge in [0.25, 0.3) is 0 Å². The second kappa shape index (κ2) is 3.06. The molecule has 0 amide bonds. The van der Waals surface area contributed by atoms with Crippen LogP contribution in [0.3, 0.4) is 0 Å². The minimum atomic E-state index is 0.349. The van der Waals surface area contributed by atoms with Gasteiger partial charge in [-0.25, -0.2) is 0 Å². The maximum atomic E-state index is 5.81. The van der Waals surface area contributed by atoms with Gasteiger partial charge >= 0.3 is 0 Å². The van der Waals surface area contributed by atoms with E-state index >= 15 is 0 Å². The summed E-state index contributed by atoms with van der Waals surface area (Å²) in [6.07, 6.45) is 1.40. The standard InChI is InChI=1S/C8H7ClN4/c9-6-2-1-3-7(4-6)13-8(10)11-5-12-13/h1-5H,(H2,10,11,12). The van der Waals surface area contributed by atoms with Gasteiger partial charge < -0.3 is 5.73 Å². The lowest BCUT2D eigenvalue weighted by molar-refractivity contribution is 0.891. The van der Waals surface area contributed by atoms with Crippen LogP contribution in [0, 0.1) is 0 Å². The third-order valence-electron chi connectivity index (χ3n) is 1.63. The van der Waals surface area contributed by atoms with Crippen LogP contribution in [0.25, 0.3) is 5.69 Å². The molecule has 0 bridgehead atoms. The maximum Gasteiger partial charge on any atom is 0.223 e. The average molecular weight is 195 g/mol. The Labute approximate surface area is 80.0 Å². The highest BCUT2D eigenvalue weighted by Crippen LogP contribution is 2.15. The first-order chi connectivity index (χ1) is 6.27. The number of hydrogen-bond donors (Lipinski definition) is 1. The Morgan fingerprint density at radius 3 is 2.85 bits per heavy atom. The van der Waals surface area contributed by atoms with E-state index in [1.807, 2.05) is 12.1 Å². The van der Waals surface area contributed by atoms with Gasteiger partial charge in [-0.1, -0.05) is 17.7 Å². The van der Waals surface area contributed by atoms with Crippen molar-refractivity contribution in [1.29, 1.82) is 0 Å². The fourth-order valence-corrected chi connectivity index (χ4v) is 1.24. The van der Waals surface area contributed by atoms with Gasteiger partial charge in [-0.3, -0.25) is 0 Å². The predicted octanol–water partition coefficient (Wildman–Crippen LogP) is 1.50. The molecule has 0 spiro atoms. The smallest absolute Gasteiger partial charge is 0.223 e. The van der Waals surface area contributed by atoms with Gasteiger partial charge in [0.1, 0.15) is 6.33 Å². The SMILES string of the molecule is Nc1ncnn1-c1cccc(Cl)c1. The number of hydrogen-bond acceptors (Lipinski definition) is 3.